The van der Waals surface area contributed by atoms with Gasteiger partial charge in [-0.2, -0.15) is 18.3 Å². The summed E-state index contributed by atoms with van der Waals surface area (Å²) in [7, 11) is 0. The van der Waals surface area contributed by atoms with E-state index in [0.717, 1.165) is 23.6 Å². The first-order valence-corrected chi connectivity index (χ1v) is 5.08. The molecule has 0 saturated heterocycles. The SMILES string of the molecule is Fc1cc(C(F)(F)F)cn2nc(C3CC3)nc12. The van der Waals surface area contributed by atoms with E-state index in [1.54, 1.807) is 0 Å². The summed E-state index contributed by atoms with van der Waals surface area (Å²) in [4.78, 5) is 3.91. The smallest absolute Gasteiger partial charge is 0.217 e. The summed E-state index contributed by atoms with van der Waals surface area (Å²) in [5, 5.41) is 3.88. The van der Waals surface area contributed by atoms with Gasteiger partial charge in [0.25, 0.3) is 0 Å². The first-order valence-electron chi connectivity index (χ1n) is 5.08. The van der Waals surface area contributed by atoms with Gasteiger partial charge in [0.1, 0.15) is 0 Å². The molecular formula is C10H7F4N3. The van der Waals surface area contributed by atoms with E-state index in [0.29, 0.717) is 11.9 Å². The Balaban J connectivity index is 2.18. The maximum Gasteiger partial charge on any atom is 0.417 e. The van der Waals surface area contributed by atoms with Crippen LogP contribution < -0.4 is 0 Å². The molecular weight excluding hydrogens is 238 g/mol. The number of halogens is 4. The molecule has 0 aliphatic heterocycles. The second kappa shape index (κ2) is 3.18. The summed E-state index contributed by atoms with van der Waals surface area (Å²) < 4.78 is 51.7. The molecule has 0 aromatic carbocycles. The van der Waals surface area contributed by atoms with Crippen molar-refractivity contribution in [2.45, 2.75) is 24.9 Å². The zero-order chi connectivity index (χ0) is 12.2. The molecule has 2 heterocycles. The van der Waals surface area contributed by atoms with Gasteiger partial charge < -0.3 is 0 Å². The Kier molecular flexibility index (Phi) is 1.96. The van der Waals surface area contributed by atoms with Crippen LogP contribution in [-0.2, 0) is 6.18 Å². The normalized spacial score (nSPS) is 16.7. The van der Waals surface area contributed by atoms with E-state index in [4.69, 9.17) is 0 Å². The average molecular weight is 245 g/mol. The Bertz CT molecular complexity index is 583. The first kappa shape index (κ1) is 10.5. The van der Waals surface area contributed by atoms with Gasteiger partial charge in [0, 0.05) is 12.1 Å². The largest absolute Gasteiger partial charge is 0.417 e. The predicted octanol–water partition coefficient (Wildman–Crippen LogP) is 2.76. The summed E-state index contributed by atoms with van der Waals surface area (Å²) >= 11 is 0. The third-order valence-electron chi connectivity index (χ3n) is 2.67. The lowest BCUT2D eigenvalue weighted by Crippen LogP contribution is -2.08. The number of nitrogens with zero attached hydrogens (tertiary/aromatic N) is 3. The van der Waals surface area contributed by atoms with Crippen LogP contribution >= 0.6 is 0 Å². The van der Waals surface area contributed by atoms with Gasteiger partial charge in [0.2, 0.25) is 0 Å². The lowest BCUT2D eigenvalue weighted by Gasteiger charge is -2.06. The van der Waals surface area contributed by atoms with Crippen LogP contribution in [0.3, 0.4) is 0 Å². The highest BCUT2D eigenvalue weighted by Crippen LogP contribution is 2.38. The fourth-order valence-electron chi connectivity index (χ4n) is 1.63. The van der Waals surface area contributed by atoms with E-state index in [1.807, 2.05) is 0 Å². The Morgan fingerprint density at radius 2 is 2.00 bits per heavy atom. The van der Waals surface area contributed by atoms with Gasteiger partial charge in [0.05, 0.1) is 5.56 Å². The molecule has 1 saturated carbocycles. The minimum Gasteiger partial charge on any atom is -0.217 e. The van der Waals surface area contributed by atoms with E-state index >= 15 is 0 Å². The van der Waals surface area contributed by atoms with Crippen LogP contribution in [0, 0.1) is 5.82 Å². The fourth-order valence-corrected chi connectivity index (χ4v) is 1.63. The number of fused-ring (bicyclic) bond motifs is 1. The van der Waals surface area contributed by atoms with Crippen molar-refractivity contribution in [1.82, 2.24) is 14.6 Å². The molecule has 90 valence electrons. The van der Waals surface area contributed by atoms with Gasteiger partial charge in [-0.25, -0.2) is 13.9 Å². The van der Waals surface area contributed by atoms with E-state index in [9.17, 15) is 17.6 Å². The average Bonchev–Trinajstić information content (AvgIpc) is 2.97. The highest BCUT2D eigenvalue weighted by atomic mass is 19.4. The molecule has 1 fully saturated rings. The Labute approximate surface area is 93.1 Å². The molecule has 0 atom stereocenters. The third-order valence-corrected chi connectivity index (χ3v) is 2.67. The van der Waals surface area contributed by atoms with Crippen LogP contribution in [-0.4, -0.2) is 14.6 Å². The van der Waals surface area contributed by atoms with Gasteiger partial charge in [0.15, 0.2) is 17.3 Å². The zero-order valence-electron chi connectivity index (χ0n) is 8.50. The van der Waals surface area contributed by atoms with Crippen LogP contribution in [0.4, 0.5) is 17.6 Å². The molecule has 3 rings (SSSR count). The second-order valence-corrected chi connectivity index (χ2v) is 4.09. The number of hydrogen-bond donors (Lipinski definition) is 0. The summed E-state index contributed by atoms with van der Waals surface area (Å²) in [6, 6.07) is 0.445. The predicted molar refractivity (Wildman–Crippen MR) is 49.9 cm³/mol. The van der Waals surface area contributed by atoms with Gasteiger partial charge in [-0.05, 0) is 18.9 Å². The molecule has 17 heavy (non-hydrogen) atoms. The molecule has 0 spiro atoms. The quantitative estimate of drug-likeness (QED) is 0.723. The van der Waals surface area contributed by atoms with E-state index in [1.165, 1.54) is 0 Å². The van der Waals surface area contributed by atoms with Crippen molar-refractivity contribution in [2.24, 2.45) is 0 Å². The number of alkyl halides is 3. The summed E-state index contributed by atoms with van der Waals surface area (Å²) in [5.74, 6) is -0.411. The third kappa shape index (κ3) is 1.75. The lowest BCUT2D eigenvalue weighted by molar-refractivity contribution is -0.138. The van der Waals surface area contributed by atoms with Gasteiger partial charge in [-0.3, -0.25) is 0 Å². The highest BCUT2D eigenvalue weighted by molar-refractivity contribution is 5.42. The molecule has 0 radical (unpaired) electrons. The minimum atomic E-state index is -4.58. The molecule has 0 N–H and O–H groups in total. The topological polar surface area (TPSA) is 30.2 Å². The molecule has 1 aliphatic rings. The molecule has 3 nitrogen and oxygen atoms in total. The molecule has 0 amide bonds. The molecule has 1 aliphatic carbocycles. The molecule has 2 aromatic rings. The van der Waals surface area contributed by atoms with Crippen molar-refractivity contribution < 1.29 is 17.6 Å². The minimum absolute atomic E-state index is 0.153. The Hall–Kier alpha value is -1.66. The second-order valence-electron chi connectivity index (χ2n) is 4.09. The van der Waals surface area contributed by atoms with Gasteiger partial charge in [-0.1, -0.05) is 0 Å². The van der Waals surface area contributed by atoms with Crippen LogP contribution in [0.15, 0.2) is 12.3 Å². The van der Waals surface area contributed by atoms with Crippen LogP contribution in [0.25, 0.3) is 5.65 Å². The maximum atomic E-state index is 13.5. The van der Waals surface area contributed by atoms with Gasteiger partial charge >= 0.3 is 6.18 Å². The Morgan fingerprint density at radius 3 is 2.59 bits per heavy atom. The van der Waals surface area contributed by atoms with Crippen molar-refractivity contribution in [1.29, 1.82) is 0 Å². The maximum absolute atomic E-state index is 13.5. The summed E-state index contributed by atoms with van der Waals surface area (Å²) in [5.41, 5.74) is -1.21. The van der Waals surface area contributed by atoms with Gasteiger partial charge in [-0.15, -0.1) is 0 Å². The highest BCUT2D eigenvalue weighted by Gasteiger charge is 2.33. The monoisotopic (exact) mass is 245 g/mol. The first-order chi connectivity index (χ1) is 7.95. The van der Waals surface area contributed by atoms with Crippen LogP contribution in [0.5, 0.6) is 0 Å². The summed E-state index contributed by atoms with van der Waals surface area (Å²) in [6.45, 7) is 0. The number of aromatic nitrogens is 3. The van der Waals surface area contributed by atoms with Crippen LogP contribution in [0.2, 0.25) is 0 Å². The number of hydrogen-bond acceptors (Lipinski definition) is 2. The molecule has 7 heteroatoms. The van der Waals surface area contributed by atoms with Crippen molar-refractivity contribution in [3.8, 4) is 0 Å². The molecule has 0 bridgehead atoms. The van der Waals surface area contributed by atoms with Crippen molar-refractivity contribution in [2.75, 3.05) is 0 Å². The number of pyridine rings is 1. The summed E-state index contributed by atoms with van der Waals surface area (Å²) in [6.07, 6.45) is -2.01. The van der Waals surface area contributed by atoms with Crippen molar-refractivity contribution in [3.63, 3.8) is 0 Å². The van der Waals surface area contributed by atoms with Crippen molar-refractivity contribution in [3.05, 3.63) is 29.5 Å². The van der Waals surface area contributed by atoms with E-state index < -0.39 is 17.6 Å². The van der Waals surface area contributed by atoms with E-state index in [2.05, 4.69) is 10.1 Å². The van der Waals surface area contributed by atoms with Crippen LogP contribution in [0.1, 0.15) is 30.1 Å². The van der Waals surface area contributed by atoms with Crippen molar-refractivity contribution >= 4 is 5.65 Å². The number of rotatable bonds is 1. The lowest BCUT2D eigenvalue weighted by atomic mass is 10.3. The van der Waals surface area contributed by atoms with E-state index in [-0.39, 0.29) is 11.6 Å². The Morgan fingerprint density at radius 1 is 1.29 bits per heavy atom. The zero-order valence-corrected chi connectivity index (χ0v) is 8.50. The standard InChI is InChI=1S/C10H7F4N3/c11-7-3-6(10(12,13)14)4-17-9(7)15-8(16-17)5-1-2-5/h3-5H,1-2H2. The molecule has 0 unspecified atom stereocenters. The molecule has 2 aromatic heterocycles. The fraction of sp³-hybridized carbons (Fsp3) is 0.400.